The van der Waals surface area contributed by atoms with Gasteiger partial charge in [-0.25, -0.2) is 4.98 Å². The Kier molecular flexibility index (Phi) is 5.13. The van der Waals surface area contributed by atoms with E-state index < -0.39 is 0 Å². The molecule has 0 spiro atoms. The second-order valence-corrected chi connectivity index (χ2v) is 8.04. The van der Waals surface area contributed by atoms with E-state index in [4.69, 9.17) is 28.2 Å². The summed E-state index contributed by atoms with van der Waals surface area (Å²) in [5.41, 5.74) is 3.55. The van der Waals surface area contributed by atoms with Gasteiger partial charge in [0.15, 0.2) is 5.13 Å². The van der Waals surface area contributed by atoms with E-state index in [1.807, 2.05) is 18.2 Å². The van der Waals surface area contributed by atoms with E-state index in [1.165, 1.54) is 11.1 Å². The number of benzene rings is 2. The van der Waals surface area contributed by atoms with Crippen molar-refractivity contribution in [2.75, 3.05) is 31.1 Å². The van der Waals surface area contributed by atoms with Crippen LogP contribution >= 0.6 is 34.5 Å². The van der Waals surface area contributed by atoms with Crippen molar-refractivity contribution in [1.29, 1.82) is 0 Å². The molecule has 25 heavy (non-hydrogen) atoms. The molecule has 1 aliphatic heterocycles. The summed E-state index contributed by atoms with van der Waals surface area (Å²) in [7, 11) is 0. The molecule has 0 unspecified atom stereocenters. The van der Waals surface area contributed by atoms with Crippen LogP contribution in [0.1, 0.15) is 11.1 Å². The third-order valence-electron chi connectivity index (χ3n) is 4.53. The second kappa shape index (κ2) is 7.50. The van der Waals surface area contributed by atoms with E-state index >= 15 is 0 Å². The number of fused-ring (bicyclic) bond motifs is 1. The van der Waals surface area contributed by atoms with Gasteiger partial charge in [0.05, 0.1) is 10.2 Å². The van der Waals surface area contributed by atoms with Crippen LogP contribution in [0.15, 0.2) is 42.5 Å². The smallest absolute Gasteiger partial charge is 0.186 e. The van der Waals surface area contributed by atoms with Crippen LogP contribution in [0.5, 0.6) is 0 Å². The monoisotopic (exact) mass is 391 g/mol. The number of thiazole rings is 1. The molecule has 6 heteroatoms. The molecule has 3 nitrogen and oxygen atoms in total. The van der Waals surface area contributed by atoms with Gasteiger partial charge >= 0.3 is 0 Å². The van der Waals surface area contributed by atoms with E-state index in [0.717, 1.165) is 53.1 Å². The Balaban J connectivity index is 1.40. The van der Waals surface area contributed by atoms with Crippen LogP contribution in [0, 0.1) is 0 Å². The first-order valence-electron chi connectivity index (χ1n) is 8.38. The highest BCUT2D eigenvalue weighted by atomic mass is 35.5. The van der Waals surface area contributed by atoms with Crippen molar-refractivity contribution in [3.05, 3.63) is 58.6 Å². The van der Waals surface area contributed by atoms with Crippen LogP contribution < -0.4 is 4.90 Å². The highest BCUT2D eigenvalue weighted by Gasteiger charge is 2.20. The van der Waals surface area contributed by atoms with Crippen molar-refractivity contribution in [2.24, 2.45) is 0 Å². The summed E-state index contributed by atoms with van der Waals surface area (Å²) in [6.45, 7) is 5.07. The predicted molar refractivity (Wildman–Crippen MR) is 108 cm³/mol. The molecule has 130 valence electrons. The van der Waals surface area contributed by atoms with Crippen molar-refractivity contribution in [1.82, 2.24) is 9.88 Å². The van der Waals surface area contributed by atoms with Crippen LogP contribution in [0.3, 0.4) is 0 Å². The number of hydrogen-bond donors (Lipinski definition) is 0. The number of aromatic nitrogens is 1. The number of hydrogen-bond acceptors (Lipinski definition) is 4. The van der Waals surface area contributed by atoms with Gasteiger partial charge in [0, 0.05) is 43.6 Å². The first-order chi connectivity index (χ1) is 12.2. The topological polar surface area (TPSA) is 19.4 Å². The molecule has 0 saturated carbocycles. The van der Waals surface area contributed by atoms with Gasteiger partial charge in [-0.2, -0.15) is 0 Å². The van der Waals surface area contributed by atoms with Crippen molar-refractivity contribution in [3.63, 3.8) is 0 Å². The van der Waals surface area contributed by atoms with Crippen LogP contribution in [0.2, 0.25) is 5.02 Å². The summed E-state index contributed by atoms with van der Waals surface area (Å²) >= 11 is 13.7. The Hall–Kier alpha value is -1.33. The minimum absolute atomic E-state index is 0.573. The Morgan fingerprint density at radius 3 is 2.60 bits per heavy atom. The fraction of sp³-hybridized carbons (Fsp3) is 0.316. The van der Waals surface area contributed by atoms with Gasteiger partial charge in [-0.3, -0.25) is 4.90 Å². The lowest BCUT2D eigenvalue weighted by atomic mass is 10.1. The molecule has 0 atom stereocenters. The zero-order valence-electron chi connectivity index (χ0n) is 13.8. The Labute approximate surface area is 161 Å². The predicted octanol–water partition coefficient (Wildman–Crippen LogP) is 5.01. The number of nitrogens with zero attached hydrogens (tertiary/aromatic N) is 3. The molecule has 0 N–H and O–H groups in total. The largest absolute Gasteiger partial charge is 0.345 e. The summed E-state index contributed by atoms with van der Waals surface area (Å²) in [5.74, 6) is 0.573. The van der Waals surface area contributed by atoms with Crippen molar-refractivity contribution in [2.45, 2.75) is 12.4 Å². The summed E-state index contributed by atoms with van der Waals surface area (Å²) in [6, 6.07) is 14.5. The Morgan fingerprint density at radius 1 is 1.00 bits per heavy atom. The third-order valence-corrected chi connectivity index (χ3v) is 6.16. The van der Waals surface area contributed by atoms with Gasteiger partial charge in [0.1, 0.15) is 0 Å². The summed E-state index contributed by atoms with van der Waals surface area (Å²) in [5, 5.41) is 1.87. The van der Waals surface area contributed by atoms with Gasteiger partial charge in [-0.1, -0.05) is 47.2 Å². The standard InChI is InChI=1S/C19H19Cl2N3S/c20-12-14-2-1-3-15(10-14)13-23-6-8-24(9-7-23)19-22-17-5-4-16(21)11-18(17)25-19/h1-5,10-11H,6-9,12-13H2. The number of anilines is 1. The molecule has 0 amide bonds. The van der Waals surface area contributed by atoms with E-state index in [0.29, 0.717) is 5.88 Å². The lowest BCUT2D eigenvalue weighted by molar-refractivity contribution is 0.250. The maximum absolute atomic E-state index is 6.08. The summed E-state index contributed by atoms with van der Waals surface area (Å²) in [6.07, 6.45) is 0. The molecular weight excluding hydrogens is 373 g/mol. The van der Waals surface area contributed by atoms with Crippen LogP contribution in [-0.4, -0.2) is 36.1 Å². The molecule has 1 saturated heterocycles. The molecule has 0 bridgehead atoms. The summed E-state index contributed by atoms with van der Waals surface area (Å²) in [4.78, 5) is 9.64. The van der Waals surface area contributed by atoms with Crippen LogP contribution in [-0.2, 0) is 12.4 Å². The maximum Gasteiger partial charge on any atom is 0.186 e. The van der Waals surface area contributed by atoms with Crippen LogP contribution in [0.4, 0.5) is 5.13 Å². The van der Waals surface area contributed by atoms with Crippen molar-refractivity contribution in [3.8, 4) is 0 Å². The number of alkyl halides is 1. The average Bonchev–Trinajstić information content (AvgIpc) is 3.05. The minimum Gasteiger partial charge on any atom is -0.345 e. The van der Waals surface area contributed by atoms with Crippen LogP contribution in [0.25, 0.3) is 10.2 Å². The minimum atomic E-state index is 0.573. The lowest BCUT2D eigenvalue weighted by Gasteiger charge is -2.34. The Morgan fingerprint density at radius 2 is 1.80 bits per heavy atom. The maximum atomic E-state index is 6.08. The first kappa shape index (κ1) is 17.1. The molecule has 1 fully saturated rings. The molecule has 2 heterocycles. The van der Waals surface area contributed by atoms with E-state index in [-0.39, 0.29) is 0 Å². The van der Waals surface area contributed by atoms with E-state index in [2.05, 4.69) is 34.1 Å². The van der Waals surface area contributed by atoms with Crippen molar-refractivity contribution < 1.29 is 0 Å². The normalized spacial score (nSPS) is 15.8. The fourth-order valence-electron chi connectivity index (χ4n) is 3.19. The highest BCUT2D eigenvalue weighted by molar-refractivity contribution is 7.22. The third kappa shape index (κ3) is 3.93. The second-order valence-electron chi connectivity index (χ2n) is 6.33. The average molecular weight is 392 g/mol. The molecule has 4 rings (SSSR count). The molecule has 1 aliphatic rings. The molecule has 0 radical (unpaired) electrons. The van der Waals surface area contributed by atoms with Gasteiger partial charge in [0.2, 0.25) is 0 Å². The number of halogens is 2. The fourth-order valence-corrected chi connectivity index (χ4v) is 4.65. The molecule has 1 aromatic heterocycles. The molecule has 0 aliphatic carbocycles. The van der Waals surface area contributed by atoms with E-state index in [1.54, 1.807) is 11.3 Å². The van der Waals surface area contributed by atoms with Crippen molar-refractivity contribution >= 4 is 49.9 Å². The SMILES string of the molecule is ClCc1cccc(CN2CCN(c3nc4ccc(Cl)cc4s3)CC2)c1. The lowest BCUT2D eigenvalue weighted by Crippen LogP contribution is -2.45. The van der Waals surface area contributed by atoms with E-state index in [9.17, 15) is 0 Å². The number of rotatable bonds is 4. The van der Waals surface area contributed by atoms with Gasteiger partial charge in [0.25, 0.3) is 0 Å². The van der Waals surface area contributed by atoms with Gasteiger partial charge < -0.3 is 4.90 Å². The molecular formula is C19H19Cl2N3S. The summed E-state index contributed by atoms with van der Waals surface area (Å²) < 4.78 is 1.16. The first-order valence-corrected chi connectivity index (χ1v) is 10.1. The highest BCUT2D eigenvalue weighted by Crippen LogP contribution is 2.31. The zero-order chi connectivity index (χ0) is 17.2. The molecule has 3 aromatic rings. The quantitative estimate of drug-likeness (QED) is 0.582. The Bertz CT molecular complexity index is 872. The molecule has 2 aromatic carbocycles. The zero-order valence-corrected chi connectivity index (χ0v) is 16.1. The van der Waals surface area contributed by atoms with Gasteiger partial charge in [-0.05, 0) is 29.3 Å². The number of piperazine rings is 1. The van der Waals surface area contributed by atoms with Gasteiger partial charge in [-0.15, -0.1) is 11.6 Å².